The van der Waals surface area contributed by atoms with Crippen molar-refractivity contribution in [2.24, 2.45) is 11.8 Å². The molecule has 2 bridgehead atoms. The van der Waals surface area contributed by atoms with Gasteiger partial charge in [-0.05, 0) is 46.9 Å². The first kappa shape index (κ1) is 32.0. The van der Waals surface area contributed by atoms with E-state index in [4.69, 9.17) is 9.47 Å². The fraction of sp³-hybridized carbons (Fsp3) is 0.275. The summed E-state index contributed by atoms with van der Waals surface area (Å²) < 4.78 is 13.5. The third-order valence-corrected chi connectivity index (χ3v) is 9.98. The largest absolute Gasteiger partial charge is 1.00 e. The standard InChI is InChI=1S/C40H41N2O3.BrH/c1-2-32-26-42(20-18-33(32)23-39(42)40(43)37-17-19-41-38-16-10-9-15-36(37)38)25-31-21-34(44-27-29-11-5-3-6-12-29)24-35(22-31)45-28-30-13-7-4-8-14-30;/h2-17,19,21-22,24,32-33,39-40,43H,1,18,20,23,25-28H2;1H/q+1;/p-1/t32-,33-,39-,40+,42?;/m0./s1. The van der Waals surface area contributed by atoms with Crippen molar-refractivity contribution in [3.63, 3.8) is 0 Å². The molecule has 1 unspecified atom stereocenters. The highest BCUT2D eigenvalue weighted by atomic mass is 79.9. The number of hydrogen-bond donors (Lipinski definition) is 1. The molecule has 3 aliphatic heterocycles. The normalized spacial score (nSPS) is 22.5. The van der Waals surface area contributed by atoms with Crippen molar-refractivity contribution < 1.29 is 36.0 Å². The third-order valence-electron chi connectivity index (χ3n) is 9.98. The average Bonchev–Trinajstić information content (AvgIpc) is 3.10. The Morgan fingerprint density at radius 1 is 0.826 bits per heavy atom. The van der Waals surface area contributed by atoms with Gasteiger partial charge >= 0.3 is 0 Å². The van der Waals surface area contributed by atoms with Gasteiger partial charge in [-0.2, -0.15) is 0 Å². The number of hydrogen-bond acceptors (Lipinski definition) is 4. The van der Waals surface area contributed by atoms with Gasteiger partial charge in [-0.25, -0.2) is 0 Å². The van der Waals surface area contributed by atoms with E-state index < -0.39 is 6.10 Å². The molecule has 1 N–H and O–H groups in total. The van der Waals surface area contributed by atoms with Crippen LogP contribution in [0, 0.1) is 11.8 Å². The summed E-state index contributed by atoms with van der Waals surface area (Å²) in [6.07, 6.45) is 5.49. The molecule has 1 aromatic heterocycles. The Morgan fingerprint density at radius 2 is 1.46 bits per heavy atom. The van der Waals surface area contributed by atoms with E-state index in [0.29, 0.717) is 25.0 Å². The molecular weight excluding hydrogens is 636 g/mol. The Hall–Kier alpha value is -3.97. The number of benzene rings is 4. The number of piperidine rings is 3. The molecule has 5 aromatic rings. The molecule has 3 saturated heterocycles. The molecule has 3 fully saturated rings. The number of aromatic nitrogens is 1. The molecule has 3 aliphatic rings. The number of rotatable bonds is 11. The Labute approximate surface area is 282 Å². The van der Waals surface area contributed by atoms with E-state index in [1.54, 1.807) is 0 Å². The molecular formula is C40H41BrN2O3. The number of aliphatic hydroxyl groups excluding tert-OH is 1. The molecule has 46 heavy (non-hydrogen) atoms. The van der Waals surface area contributed by atoms with Crippen molar-refractivity contribution in [3.05, 3.63) is 150 Å². The van der Waals surface area contributed by atoms with Crippen LogP contribution >= 0.6 is 0 Å². The molecule has 8 rings (SSSR count). The number of ether oxygens (including phenoxy) is 2. The maximum absolute atomic E-state index is 12.2. The second kappa shape index (κ2) is 14.2. The van der Waals surface area contributed by atoms with Gasteiger partial charge in [-0.15, -0.1) is 6.58 Å². The van der Waals surface area contributed by atoms with Gasteiger partial charge in [0.25, 0.3) is 0 Å². The highest BCUT2D eigenvalue weighted by molar-refractivity contribution is 5.82. The summed E-state index contributed by atoms with van der Waals surface area (Å²) >= 11 is 0. The molecule has 0 spiro atoms. The summed E-state index contributed by atoms with van der Waals surface area (Å²) in [5, 5.41) is 13.2. The minimum Gasteiger partial charge on any atom is -1.00 e. The van der Waals surface area contributed by atoms with Gasteiger partial charge in [-0.1, -0.05) is 84.9 Å². The molecule has 5 nitrogen and oxygen atoms in total. The average molecular weight is 678 g/mol. The number of aliphatic hydroxyl groups is 1. The Bertz CT molecular complexity index is 1700. The summed E-state index contributed by atoms with van der Waals surface area (Å²) in [5.41, 5.74) is 5.29. The number of nitrogens with zero attached hydrogens (tertiary/aromatic N) is 2. The molecule has 0 amide bonds. The SMILES string of the molecule is C=C[C@H]1C[N+]2(Cc3cc(OCc4ccccc4)cc(OCc4ccccc4)c3)CC[C@H]1C[C@H]2[C@H](O)c1ccnc2ccccc12.[Br-]. The van der Waals surface area contributed by atoms with Crippen molar-refractivity contribution in [1.82, 2.24) is 4.98 Å². The molecule has 236 valence electrons. The number of quaternary nitrogens is 1. The Balaban J connectivity index is 0.00000372. The second-order valence-corrected chi connectivity index (χ2v) is 12.8. The van der Waals surface area contributed by atoms with E-state index in [1.807, 2.05) is 72.9 Å². The Morgan fingerprint density at radius 3 is 2.11 bits per heavy atom. The van der Waals surface area contributed by atoms with Crippen LogP contribution in [0.15, 0.2) is 128 Å². The van der Waals surface area contributed by atoms with Crippen molar-refractivity contribution >= 4 is 10.9 Å². The number of halogens is 1. The predicted molar refractivity (Wildman–Crippen MR) is 179 cm³/mol. The van der Waals surface area contributed by atoms with Crippen LogP contribution in [-0.4, -0.2) is 33.7 Å². The highest BCUT2D eigenvalue weighted by Gasteiger charge is 2.54. The van der Waals surface area contributed by atoms with Crippen molar-refractivity contribution in [1.29, 1.82) is 0 Å². The molecule has 4 aromatic carbocycles. The van der Waals surface area contributed by atoms with E-state index >= 15 is 0 Å². The minimum atomic E-state index is -0.599. The van der Waals surface area contributed by atoms with Crippen LogP contribution in [0.3, 0.4) is 0 Å². The maximum atomic E-state index is 12.2. The zero-order valence-electron chi connectivity index (χ0n) is 26.0. The van der Waals surface area contributed by atoms with Crippen molar-refractivity contribution in [3.8, 4) is 11.5 Å². The van der Waals surface area contributed by atoms with Crippen molar-refractivity contribution in [2.75, 3.05) is 13.1 Å². The molecule has 0 aliphatic carbocycles. The molecule has 5 atom stereocenters. The summed E-state index contributed by atoms with van der Waals surface area (Å²) in [7, 11) is 0. The maximum Gasteiger partial charge on any atom is 0.131 e. The quantitative estimate of drug-likeness (QED) is 0.157. The van der Waals surface area contributed by atoms with Gasteiger partial charge in [0.05, 0.1) is 18.6 Å². The summed E-state index contributed by atoms with van der Waals surface area (Å²) in [5.74, 6) is 2.56. The van der Waals surface area contributed by atoms with Gasteiger partial charge in [0.2, 0.25) is 0 Å². The van der Waals surface area contributed by atoms with Gasteiger partial charge in [-0.3, -0.25) is 4.98 Å². The number of pyridine rings is 1. The fourth-order valence-corrected chi connectivity index (χ4v) is 7.70. The third kappa shape index (κ3) is 6.75. The van der Waals surface area contributed by atoms with E-state index in [0.717, 1.165) is 81.6 Å². The first-order chi connectivity index (χ1) is 22.1. The van der Waals surface area contributed by atoms with Crippen LogP contribution in [0.4, 0.5) is 0 Å². The molecule has 0 saturated carbocycles. The lowest BCUT2D eigenvalue weighted by Crippen LogP contribution is -3.00. The van der Waals surface area contributed by atoms with Crippen molar-refractivity contribution in [2.45, 2.75) is 44.7 Å². The fourth-order valence-electron chi connectivity index (χ4n) is 7.70. The van der Waals surface area contributed by atoms with E-state index in [-0.39, 0.29) is 23.0 Å². The van der Waals surface area contributed by atoms with Crippen LogP contribution in [-0.2, 0) is 19.8 Å². The van der Waals surface area contributed by atoms with E-state index in [1.165, 1.54) is 0 Å². The number of fused-ring (bicyclic) bond motifs is 4. The number of para-hydroxylation sites is 1. The van der Waals surface area contributed by atoms with E-state index in [2.05, 4.69) is 60.1 Å². The van der Waals surface area contributed by atoms with Gasteiger partial charge in [0, 0.05) is 42.0 Å². The monoisotopic (exact) mass is 676 g/mol. The predicted octanol–water partition coefficient (Wildman–Crippen LogP) is 5.04. The van der Waals surface area contributed by atoms with Crippen LogP contribution in [0.5, 0.6) is 11.5 Å². The lowest BCUT2D eigenvalue weighted by molar-refractivity contribution is -0.984. The van der Waals surface area contributed by atoms with Crippen LogP contribution in [0.2, 0.25) is 0 Å². The second-order valence-electron chi connectivity index (χ2n) is 12.8. The van der Waals surface area contributed by atoms with Crippen LogP contribution < -0.4 is 26.5 Å². The highest BCUT2D eigenvalue weighted by Crippen LogP contribution is 2.48. The minimum absolute atomic E-state index is 0. The molecule has 6 heteroatoms. The smallest absolute Gasteiger partial charge is 0.131 e. The zero-order chi connectivity index (χ0) is 30.6. The lowest BCUT2D eigenvalue weighted by atomic mass is 9.71. The van der Waals surface area contributed by atoms with Crippen LogP contribution in [0.1, 0.15) is 41.2 Å². The Kier molecular flexibility index (Phi) is 9.88. The summed E-state index contributed by atoms with van der Waals surface area (Å²) in [6.45, 7) is 7.97. The van der Waals surface area contributed by atoms with Crippen LogP contribution in [0.25, 0.3) is 10.9 Å². The van der Waals surface area contributed by atoms with Gasteiger partial charge in [0.15, 0.2) is 0 Å². The molecule has 4 heterocycles. The summed E-state index contributed by atoms with van der Waals surface area (Å²) in [6, 6.07) is 37.0. The molecule has 0 radical (unpaired) electrons. The summed E-state index contributed by atoms with van der Waals surface area (Å²) in [4.78, 5) is 4.57. The van der Waals surface area contributed by atoms with Gasteiger partial charge < -0.3 is 36.0 Å². The lowest BCUT2D eigenvalue weighted by Gasteiger charge is -2.58. The van der Waals surface area contributed by atoms with E-state index in [9.17, 15) is 5.11 Å². The zero-order valence-corrected chi connectivity index (χ0v) is 27.6. The van der Waals surface area contributed by atoms with Gasteiger partial charge in [0.1, 0.15) is 43.4 Å². The first-order valence-corrected chi connectivity index (χ1v) is 16.1. The first-order valence-electron chi connectivity index (χ1n) is 16.1. The topological polar surface area (TPSA) is 51.6 Å².